The Morgan fingerprint density at radius 3 is 2.30 bits per heavy atom. The Morgan fingerprint density at radius 2 is 1.85 bits per heavy atom. The highest BCUT2D eigenvalue weighted by molar-refractivity contribution is 7.98. The Bertz CT molecular complexity index is 662. The van der Waals surface area contributed by atoms with Gasteiger partial charge in [-0.2, -0.15) is 19.9 Å². The molecule has 0 fully saturated rings. The van der Waals surface area contributed by atoms with Crippen molar-refractivity contribution < 1.29 is 18.0 Å². The number of benzene rings is 1. The lowest BCUT2D eigenvalue weighted by Crippen LogP contribution is -2.11. The normalized spacial score (nSPS) is 10.2. The van der Waals surface area contributed by atoms with E-state index < -0.39 is 10.0 Å². The zero-order valence-electron chi connectivity index (χ0n) is 10.0. The van der Waals surface area contributed by atoms with Crippen molar-refractivity contribution >= 4 is 27.9 Å². The van der Waals surface area contributed by atoms with E-state index in [0.29, 0.717) is 5.75 Å². The third kappa shape index (κ3) is 5.33. The molecule has 0 radical (unpaired) electrons. The summed E-state index contributed by atoms with van der Waals surface area (Å²) in [5, 5.41) is 15.9. The van der Waals surface area contributed by atoms with Crippen LogP contribution < -0.4 is 5.14 Å². The lowest BCUT2D eigenvalue weighted by Gasteiger charge is -2.01. The summed E-state index contributed by atoms with van der Waals surface area (Å²) >= 11 is 1.51. The summed E-state index contributed by atoms with van der Waals surface area (Å²) in [4.78, 5) is 16.4. The van der Waals surface area contributed by atoms with Crippen LogP contribution in [-0.4, -0.2) is 30.0 Å². The van der Waals surface area contributed by atoms with Crippen molar-refractivity contribution in [3.05, 3.63) is 36.0 Å². The van der Waals surface area contributed by atoms with E-state index in [-0.39, 0.29) is 11.0 Å². The Labute approximate surface area is 118 Å². The van der Waals surface area contributed by atoms with Gasteiger partial charge in [0.2, 0.25) is 10.0 Å². The minimum absolute atomic E-state index is 0.118. The average Bonchev–Trinajstić information content (AvgIpc) is 2.90. The van der Waals surface area contributed by atoms with Crippen LogP contribution in [0.4, 0.5) is 0 Å². The van der Waals surface area contributed by atoms with E-state index in [1.807, 2.05) is 0 Å². The van der Waals surface area contributed by atoms with E-state index in [0.717, 1.165) is 10.6 Å². The number of aromatic nitrogens is 3. The number of nitrogens with two attached hydrogens (primary N) is 1. The molecule has 0 amide bonds. The zero-order chi connectivity index (χ0) is 15.0. The summed E-state index contributed by atoms with van der Waals surface area (Å²) in [6.45, 7) is 0. The van der Waals surface area contributed by atoms with Gasteiger partial charge in [0.15, 0.2) is 0 Å². The standard InChI is InChI=1S/C9H10N4O2S2.CO2/c10-17(14,15)8-3-1-7(2-4-8)6-16-9-5-11-13-12-9;2-1-3/h1-5H,6H2,(H2,10,14,15)(H,11,12,13);. The van der Waals surface area contributed by atoms with Gasteiger partial charge in [0.1, 0.15) is 5.03 Å². The third-order valence-corrected chi connectivity index (χ3v) is 3.93. The highest BCUT2D eigenvalue weighted by Gasteiger charge is 2.06. The molecule has 8 nitrogen and oxygen atoms in total. The van der Waals surface area contributed by atoms with E-state index >= 15 is 0 Å². The lowest BCUT2D eigenvalue weighted by molar-refractivity contribution is -0.191. The van der Waals surface area contributed by atoms with Crippen molar-refractivity contribution in [2.45, 2.75) is 15.7 Å². The Hall–Kier alpha value is -2.00. The van der Waals surface area contributed by atoms with Crippen LogP contribution in [0.15, 0.2) is 40.4 Å². The number of hydrogen-bond acceptors (Lipinski definition) is 7. The summed E-state index contributed by atoms with van der Waals surface area (Å²) < 4.78 is 22.1. The molecule has 0 aliphatic rings. The maximum absolute atomic E-state index is 11.0. The molecule has 3 N–H and O–H groups in total. The average molecular weight is 314 g/mol. The zero-order valence-corrected chi connectivity index (χ0v) is 11.6. The number of thioether (sulfide) groups is 1. The van der Waals surface area contributed by atoms with E-state index in [9.17, 15) is 8.42 Å². The molecule has 0 aliphatic heterocycles. The number of primary sulfonamides is 1. The van der Waals surface area contributed by atoms with Crippen LogP contribution in [-0.2, 0) is 25.4 Å². The number of aromatic amines is 1. The van der Waals surface area contributed by atoms with Gasteiger partial charge in [-0.25, -0.2) is 13.6 Å². The van der Waals surface area contributed by atoms with Crippen LogP contribution in [0, 0.1) is 0 Å². The molecule has 0 aliphatic carbocycles. The SMILES string of the molecule is NS(=O)(=O)c1ccc(CSc2cn[nH]n2)cc1.O=C=O. The van der Waals surface area contributed by atoms with Gasteiger partial charge in [0, 0.05) is 5.75 Å². The molecule has 1 aromatic heterocycles. The van der Waals surface area contributed by atoms with Crippen LogP contribution in [0.1, 0.15) is 5.56 Å². The fraction of sp³-hybridized carbons (Fsp3) is 0.100. The van der Waals surface area contributed by atoms with Crippen LogP contribution in [0.2, 0.25) is 0 Å². The molecule has 10 heteroatoms. The van der Waals surface area contributed by atoms with Gasteiger partial charge in [-0.05, 0) is 17.7 Å². The number of H-pyrrole nitrogens is 1. The molecule has 1 aromatic carbocycles. The first-order valence-corrected chi connectivity index (χ1v) is 7.60. The molecule has 2 aromatic rings. The first kappa shape index (κ1) is 16.1. The second-order valence-corrected chi connectivity index (χ2v) is 5.93. The summed E-state index contributed by atoms with van der Waals surface area (Å²) in [6, 6.07) is 6.45. The van der Waals surface area contributed by atoms with Crippen LogP contribution in [0.3, 0.4) is 0 Å². The van der Waals surface area contributed by atoms with Gasteiger partial charge < -0.3 is 0 Å². The van der Waals surface area contributed by atoms with Crippen LogP contribution >= 0.6 is 11.8 Å². The van der Waals surface area contributed by atoms with Crippen molar-refractivity contribution in [1.82, 2.24) is 15.4 Å². The van der Waals surface area contributed by atoms with E-state index in [2.05, 4.69) is 15.4 Å². The lowest BCUT2D eigenvalue weighted by atomic mass is 10.2. The first-order valence-electron chi connectivity index (χ1n) is 5.07. The monoisotopic (exact) mass is 314 g/mol. The summed E-state index contributed by atoms with van der Waals surface area (Å²) in [7, 11) is -3.61. The number of hydrogen-bond donors (Lipinski definition) is 2. The molecule has 20 heavy (non-hydrogen) atoms. The summed E-state index contributed by atoms with van der Waals surface area (Å²) in [6.07, 6.45) is 1.88. The molecule has 0 bridgehead atoms. The molecule has 0 unspecified atom stereocenters. The molecule has 0 spiro atoms. The van der Waals surface area contributed by atoms with Gasteiger partial charge in [-0.1, -0.05) is 23.9 Å². The minimum Gasteiger partial charge on any atom is -0.225 e. The quantitative estimate of drug-likeness (QED) is 0.767. The van der Waals surface area contributed by atoms with E-state index in [1.54, 1.807) is 18.3 Å². The van der Waals surface area contributed by atoms with Crippen LogP contribution in [0.25, 0.3) is 0 Å². The molecule has 1 heterocycles. The summed E-state index contributed by atoms with van der Waals surface area (Å²) in [5.41, 5.74) is 0.991. The highest BCUT2D eigenvalue weighted by atomic mass is 32.2. The number of carbonyl (C=O) groups excluding carboxylic acids is 2. The smallest absolute Gasteiger partial charge is 0.225 e. The van der Waals surface area contributed by atoms with Gasteiger partial charge in [-0.3, -0.25) is 0 Å². The van der Waals surface area contributed by atoms with Crippen molar-refractivity contribution in [3.63, 3.8) is 0 Å². The Kier molecular flexibility index (Phi) is 6.07. The van der Waals surface area contributed by atoms with Crippen LogP contribution in [0.5, 0.6) is 0 Å². The Balaban J connectivity index is 0.000000612. The molecular formula is C10H10N4O4S2. The van der Waals surface area contributed by atoms with Gasteiger partial charge in [0.25, 0.3) is 0 Å². The van der Waals surface area contributed by atoms with Crippen molar-refractivity contribution in [3.8, 4) is 0 Å². The number of nitrogens with zero attached hydrogens (tertiary/aromatic N) is 2. The third-order valence-electron chi connectivity index (χ3n) is 2.03. The predicted octanol–water partition coefficient (Wildman–Crippen LogP) is 0.161. The van der Waals surface area contributed by atoms with E-state index in [1.165, 1.54) is 23.9 Å². The fourth-order valence-corrected chi connectivity index (χ4v) is 2.45. The van der Waals surface area contributed by atoms with Crippen molar-refractivity contribution in [2.24, 2.45) is 5.14 Å². The number of rotatable bonds is 4. The maximum Gasteiger partial charge on any atom is 0.373 e. The fourth-order valence-electron chi connectivity index (χ4n) is 1.19. The Morgan fingerprint density at radius 1 is 1.25 bits per heavy atom. The topological polar surface area (TPSA) is 136 Å². The van der Waals surface area contributed by atoms with Crippen molar-refractivity contribution in [2.75, 3.05) is 0 Å². The molecule has 2 rings (SSSR count). The van der Waals surface area contributed by atoms with Gasteiger partial charge in [0.05, 0.1) is 11.1 Å². The number of sulfonamides is 1. The largest absolute Gasteiger partial charge is 0.373 e. The highest BCUT2D eigenvalue weighted by Crippen LogP contribution is 2.20. The second-order valence-electron chi connectivity index (χ2n) is 3.37. The molecule has 0 saturated carbocycles. The molecule has 106 valence electrons. The summed E-state index contributed by atoms with van der Waals surface area (Å²) in [5.74, 6) is 0.692. The van der Waals surface area contributed by atoms with Crippen molar-refractivity contribution in [1.29, 1.82) is 0 Å². The molecular weight excluding hydrogens is 304 g/mol. The predicted molar refractivity (Wildman–Crippen MR) is 68.8 cm³/mol. The van der Waals surface area contributed by atoms with E-state index in [4.69, 9.17) is 14.7 Å². The van der Waals surface area contributed by atoms with Gasteiger partial charge >= 0.3 is 6.15 Å². The second kappa shape index (κ2) is 7.56. The van der Waals surface area contributed by atoms with Gasteiger partial charge in [-0.15, -0.1) is 5.10 Å². The molecule has 0 saturated heterocycles. The molecule has 0 atom stereocenters. The minimum atomic E-state index is -3.61. The first-order chi connectivity index (χ1) is 9.47. The number of nitrogens with one attached hydrogen (secondary N) is 1. The maximum atomic E-state index is 11.0.